The SMILES string of the molecule is CCCCOC(=O)c1ccc(C(=O)[O-])cc1.[K+]. The van der Waals surface area contributed by atoms with Gasteiger partial charge in [-0.25, -0.2) is 4.79 Å². The number of hydrogen-bond acceptors (Lipinski definition) is 4. The number of carboxylic acids is 1. The van der Waals surface area contributed by atoms with Gasteiger partial charge in [0, 0.05) is 0 Å². The third-order valence-corrected chi connectivity index (χ3v) is 2.09. The van der Waals surface area contributed by atoms with Crippen molar-refractivity contribution in [1.29, 1.82) is 0 Å². The van der Waals surface area contributed by atoms with Crippen LogP contribution in [0.5, 0.6) is 0 Å². The molecule has 0 aromatic heterocycles. The molecule has 0 heterocycles. The summed E-state index contributed by atoms with van der Waals surface area (Å²) in [5.74, 6) is -1.69. The molecule has 0 bridgehead atoms. The topological polar surface area (TPSA) is 66.4 Å². The normalized spacial score (nSPS) is 9.24. The number of unbranched alkanes of at least 4 members (excludes halogenated alkanes) is 1. The van der Waals surface area contributed by atoms with Gasteiger partial charge in [0.15, 0.2) is 0 Å². The predicted octanol–water partition coefficient (Wildman–Crippen LogP) is -1.99. The molecule has 0 saturated heterocycles. The molecule has 1 aromatic carbocycles. The number of carbonyl (C=O) groups excluding carboxylic acids is 2. The summed E-state index contributed by atoms with van der Waals surface area (Å²) in [5.41, 5.74) is 0.395. The Morgan fingerprint density at radius 1 is 1.18 bits per heavy atom. The first-order valence-corrected chi connectivity index (χ1v) is 5.13. The maximum Gasteiger partial charge on any atom is 1.00 e. The Bertz CT molecular complexity index is 373. The Morgan fingerprint density at radius 2 is 1.71 bits per heavy atom. The van der Waals surface area contributed by atoms with E-state index in [2.05, 4.69) is 0 Å². The Hall–Kier alpha value is -0.204. The molecular formula is C12H13KO4. The Balaban J connectivity index is 0.00000256. The predicted molar refractivity (Wildman–Crippen MR) is 56.0 cm³/mol. The van der Waals surface area contributed by atoms with Crippen molar-refractivity contribution in [3.8, 4) is 0 Å². The monoisotopic (exact) mass is 260 g/mol. The Kier molecular flexibility index (Phi) is 8.72. The second-order valence-corrected chi connectivity index (χ2v) is 3.35. The number of rotatable bonds is 5. The molecule has 0 fully saturated rings. The summed E-state index contributed by atoms with van der Waals surface area (Å²) in [4.78, 5) is 21.9. The fourth-order valence-corrected chi connectivity index (χ4v) is 1.13. The largest absolute Gasteiger partial charge is 1.00 e. The quantitative estimate of drug-likeness (QED) is 0.349. The first-order chi connectivity index (χ1) is 7.65. The average Bonchev–Trinajstić information content (AvgIpc) is 2.29. The van der Waals surface area contributed by atoms with Gasteiger partial charge in [-0.15, -0.1) is 0 Å². The minimum absolute atomic E-state index is 0. The van der Waals surface area contributed by atoms with Crippen LogP contribution in [0.1, 0.15) is 40.5 Å². The molecule has 0 aliphatic carbocycles. The number of esters is 1. The summed E-state index contributed by atoms with van der Waals surface area (Å²) in [6, 6.07) is 5.48. The fraction of sp³-hybridized carbons (Fsp3) is 0.333. The first-order valence-electron chi connectivity index (χ1n) is 5.13. The second kappa shape index (κ2) is 8.82. The van der Waals surface area contributed by atoms with E-state index in [4.69, 9.17) is 4.74 Å². The third-order valence-electron chi connectivity index (χ3n) is 2.09. The number of benzene rings is 1. The van der Waals surface area contributed by atoms with Crippen LogP contribution in [0.4, 0.5) is 0 Å². The van der Waals surface area contributed by atoms with Gasteiger partial charge < -0.3 is 14.6 Å². The summed E-state index contributed by atoms with van der Waals surface area (Å²) < 4.78 is 4.97. The van der Waals surface area contributed by atoms with Crippen molar-refractivity contribution in [2.45, 2.75) is 19.8 Å². The van der Waals surface area contributed by atoms with Crippen molar-refractivity contribution in [3.63, 3.8) is 0 Å². The minimum Gasteiger partial charge on any atom is -0.545 e. The first kappa shape index (κ1) is 16.8. The van der Waals surface area contributed by atoms with E-state index in [0.29, 0.717) is 12.2 Å². The van der Waals surface area contributed by atoms with E-state index in [1.165, 1.54) is 24.3 Å². The van der Waals surface area contributed by atoms with Gasteiger partial charge in [-0.05, 0) is 24.1 Å². The molecule has 0 spiro atoms. The molecule has 0 atom stereocenters. The van der Waals surface area contributed by atoms with Crippen molar-refractivity contribution >= 4 is 11.9 Å². The van der Waals surface area contributed by atoms with E-state index in [1.54, 1.807) is 0 Å². The smallest absolute Gasteiger partial charge is 0.545 e. The number of aromatic carboxylic acids is 1. The van der Waals surface area contributed by atoms with Gasteiger partial charge in [0.25, 0.3) is 0 Å². The van der Waals surface area contributed by atoms with Crippen LogP contribution in [0.2, 0.25) is 0 Å². The van der Waals surface area contributed by atoms with E-state index in [0.717, 1.165) is 12.8 Å². The van der Waals surface area contributed by atoms with Gasteiger partial charge >= 0.3 is 57.4 Å². The molecule has 4 nitrogen and oxygen atoms in total. The van der Waals surface area contributed by atoms with Crippen molar-refractivity contribution in [2.75, 3.05) is 6.61 Å². The van der Waals surface area contributed by atoms with Gasteiger partial charge in [0.2, 0.25) is 0 Å². The van der Waals surface area contributed by atoms with Crippen LogP contribution < -0.4 is 56.5 Å². The van der Waals surface area contributed by atoms with Gasteiger partial charge in [0.05, 0.1) is 18.1 Å². The van der Waals surface area contributed by atoms with Crippen molar-refractivity contribution in [3.05, 3.63) is 35.4 Å². The Morgan fingerprint density at radius 3 is 2.18 bits per heavy atom. The van der Waals surface area contributed by atoms with E-state index in [9.17, 15) is 14.7 Å². The van der Waals surface area contributed by atoms with Crippen LogP contribution in [0.3, 0.4) is 0 Å². The average molecular weight is 260 g/mol. The van der Waals surface area contributed by atoms with Crippen LogP contribution >= 0.6 is 0 Å². The number of carboxylic acid groups (broad SMARTS) is 1. The van der Waals surface area contributed by atoms with Gasteiger partial charge in [-0.1, -0.05) is 25.5 Å². The van der Waals surface area contributed by atoms with Crippen LogP contribution in [0.15, 0.2) is 24.3 Å². The van der Waals surface area contributed by atoms with Crippen LogP contribution in [-0.2, 0) is 4.74 Å². The van der Waals surface area contributed by atoms with E-state index < -0.39 is 11.9 Å². The third kappa shape index (κ3) is 5.79. The molecule has 0 aliphatic rings. The summed E-state index contributed by atoms with van der Waals surface area (Å²) in [7, 11) is 0. The van der Waals surface area contributed by atoms with Gasteiger partial charge in [0.1, 0.15) is 0 Å². The van der Waals surface area contributed by atoms with E-state index >= 15 is 0 Å². The van der Waals surface area contributed by atoms with Crippen LogP contribution in [0, 0.1) is 0 Å². The molecule has 17 heavy (non-hydrogen) atoms. The van der Waals surface area contributed by atoms with Gasteiger partial charge in [-0.2, -0.15) is 0 Å². The van der Waals surface area contributed by atoms with Crippen molar-refractivity contribution in [1.82, 2.24) is 0 Å². The van der Waals surface area contributed by atoms with Crippen LogP contribution in [-0.4, -0.2) is 18.5 Å². The molecule has 5 heteroatoms. The van der Waals surface area contributed by atoms with E-state index in [-0.39, 0.29) is 56.9 Å². The maximum absolute atomic E-state index is 11.4. The molecule has 0 unspecified atom stereocenters. The zero-order valence-electron chi connectivity index (χ0n) is 10.1. The second-order valence-electron chi connectivity index (χ2n) is 3.35. The molecule has 0 N–H and O–H groups in total. The van der Waals surface area contributed by atoms with Gasteiger partial charge in [-0.3, -0.25) is 0 Å². The summed E-state index contributed by atoms with van der Waals surface area (Å²) in [6.07, 6.45) is 1.78. The zero-order valence-corrected chi connectivity index (χ0v) is 13.2. The molecule has 86 valence electrons. The molecule has 0 aliphatic heterocycles. The summed E-state index contributed by atoms with van der Waals surface area (Å²) in [5, 5.41) is 10.5. The Labute approximate surface area is 143 Å². The number of hydrogen-bond donors (Lipinski definition) is 0. The zero-order chi connectivity index (χ0) is 12.0. The van der Waals surface area contributed by atoms with Crippen molar-refractivity contribution < 1.29 is 70.8 Å². The maximum atomic E-state index is 11.4. The fourth-order valence-electron chi connectivity index (χ4n) is 1.13. The molecule has 1 rings (SSSR count). The van der Waals surface area contributed by atoms with E-state index in [1.807, 2.05) is 6.92 Å². The van der Waals surface area contributed by atoms with Crippen LogP contribution in [0.25, 0.3) is 0 Å². The molecule has 1 aromatic rings. The molecule has 0 saturated carbocycles. The summed E-state index contributed by atoms with van der Waals surface area (Å²) >= 11 is 0. The standard InChI is InChI=1S/C12H14O4.K/c1-2-3-8-16-12(15)10-6-4-9(5-7-10)11(13)14;/h4-7H,2-3,8H2,1H3,(H,13,14);/q;+1/p-1. The van der Waals surface area contributed by atoms with Crippen molar-refractivity contribution in [2.24, 2.45) is 0 Å². The molecule has 0 radical (unpaired) electrons. The molecule has 0 amide bonds. The molecular weight excluding hydrogens is 247 g/mol. The number of carbonyl (C=O) groups is 2. The summed E-state index contributed by atoms with van der Waals surface area (Å²) in [6.45, 7) is 2.39. The minimum atomic E-state index is -1.26. The number of ether oxygens (including phenoxy) is 1.